The molecule has 1 radical (unpaired) electrons. The van der Waals surface area contributed by atoms with Crippen LogP contribution in [0, 0.1) is 12.1 Å². The molecule has 5 heteroatoms. The van der Waals surface area contributed by atoms with E-state index in [1.165, 1.54) is 47.6 Å². The largest absolute Gasteiger partial charge is 0.305 e. The van der Waals surface area contributed by atoms with Crippen LogP contribution < -0.4 is 5.19 Å². The zero-order valence-corrected chi connectivity index (χ0v) is 31.3. The first kappa shape index (κ1) is 33.4. The number of benzene rings is 5. The van der Waals surface area contributed by atoms with Crippen LogP contribution in [0.5, 0.6) is 0 Å². The van der Waals surface area contributed by atoms with Crippen LogP contribution >= 0.6 is 11.3 Å². The minimum absolute atomic E-state index is 0. The summed E-state index contributed by atoms with van der Waals surface area (Å²) in [7, 11) is -1.23. The van der Waals surface area contributed by atoms with E-state index >= 15 is 0 Å². The molecule has 0 amide bonds. The van der Waals surface area contributed by atoms with Crippen molar-refractivity contribution in [1.82, 2.24) is 9.97 Å². The summed E-state index contributed by atoms with van der Waals surface area (Å²) < 4.78 is 2.46. The molecule has 0 fully saturated rings. The number of nitrogens with zero attached hydrogens (tertiary/aromatic N) is 2. The van der Waals surface area contributed by atoms with Crippen LogP contribution in [0.25, 0.3) is 64.9 Å². The third kappa shape index (κ3) is 7.46. The molecule has 48 heavy (non-hydrogen) atoms. The van der Waals surface area contributed by atoms with Crippen molar-refractivity contribution in [1.29, 1.82) is 0 Å². The predicted octanol–water partition coefficient (Wildman–Crippen LogP) is 11.3. The molecule has 8 aromatic rings. The van der Waals surface area contributed by atoms with Crippen LogP contribution in [0.15, 0.2) is 152 Å². The van der Waals surface area contributed by atoms with Gasteiger partial charge in [0.15, 0.2) is 0 Å². The molecule has 0 N–H and O–H groups in total. The Balaban J connectivity index is 0.000000201. The molecule has 0 atom stereocenters. The topological polar surface area (TPSA) is 25.8 Å². The number of aromatic nitrogens is 2. The molecule has 5 aromatic carbocycles. The molecule has 8 rings (SSSR count). The average Bonchev–Trinajstić information content (AvgIpc) is 3.50. The Kier molecular flexibility index (Phi) is 10.2. The first-order valence-corrected chi connectivity index (χ1v) is 20.1. The molecular weight excluding hydrogens is 797 g/mol. The third-order valence-electron chi connectivity index (χ3n) is 8.26. The Morgan fingerprint density at radius 3 is 1.92 bits per heavy atom. The van der Waals surface area contributed by atoms with Crippen LogP contribution in [0.2, 0.25) is 19.6 Å². The molecule has 0 saturated heterocycles. The van der Waals surface area contributed by atoms with Crippen molar-refractivity contribution in [2.45, 2.75) is 19.6 Å². The minimum atomic E-state index is -1.23. The van der Waals surface area contributed by atoms with Crippen LogP contribution in [-0.4, -0.2) is 18.0 Å². The van der Waals surface area contributed by atoms with E-state index in [4.69, 9.17) is 0 Å². The van der Waals surface area contributed by atoms with E-state index in [0.29, 0.717) is 0 Å². The summed E-state index contributed by atoms with van der Waals surface area (Å²) in [6, 6.07) is 55.3. The smallest absolute Gasteiger partial charge is 0.0795 e. The molecule has 0 bridgehead atoms. The van der Waals surface area contributed by atoms with Crippen molar-refractivity contribution >= 4 is 44.8 Å². The van der Waals surface area contributed by atoms with Gasteiger partial charge in [-0.05, 0) is 61.0 Å². The van der Waals surface area contributed by atoms with Crippen LogP contribution in [0.4, 0.5) is 0 Å². The Morgan fingerprint density at radius 1 is 0.562 bits per heavy atom. The second-order valence-electron chi connectivity index (χ2n) is 12.5. The van der Waals surface area contributed by atoms with Gasteiger partial charge in [-0.15, -0.1) is 59.7 Å². The van der Waals surface area contributed by atoms with E-state index in [2.05, 4.69) is 151 Å². The van der Waals surface area contributed by atoms with Gasteiger partial charge < -0.3 is 9.97 Å². The SMILES string of the molecule is C[Si](C)(C)c1ccc(-c2[c-]cccc2)nc1.[Ir].[c-]1c(-c2cc(-c3ccccc3)ccn2)ccc2c1sc1ccc(-c3ccccc3)cc12. The molecule has 0 aliphatic heterocycles. The van der Waals surface area contributed by atoms with Gasteiger partial charge in [0.2, 0.25) is 0 Å². The molecule has 3 aromatic heterocycles. The van der Waals surface area contributed by atoms with Gasteiger partial charge in [0.1, 0.15) is 0 Å². The van der Waals surface area contributed by atoms with Crippen LogP contribution in [-0.2, 0) is 20.1 Å². The van der Waals surface area contributed by atoms with Gasteiger partial charge in [-0.25, -0.2) is 0 Å². The number of hydrogen-bond acceptors (Lipinski definition) is 3. The van der Waals surface area contributed by atoms with Gasteiger partial charge >= 0.3 is 0 Å². The summed E-state index contributed by atoms with van der Waals surface area (Å²) in [6.45, 7) is 7.00. The van der Waals surface area contributed by atoms with E-state index in [1.807, 2.05) is 42.7 Å². The fourth-order valence-corrected chi connectivity index (χ4v) is 7.72. The summed E-state index contributed by atoms with van der Waals surface area (Å²) in [4.78, 5) is 9.14. The monoisotopic (exact) mass is 831 g/mol. The number of fused-ring (bicyclic) bond motifs is 3. The third-order valence-corrected chi connectivity index (χ3v) is 11.4. The van der Waals surface area contributed by atoms with E-state index in [9.17, 15) is 0 Å². The number of pyridine rings is 2. The van der Waals surface area contributed by atoms with Crippen molar-refractivity contribution in [3.63, 3.8) is 0 Å². The zero-order chi connectivity index (χ0) is 32.2. The van der Waals surface area contributed by atoms with Gasteiger partial charge in [-0.2, -0.15) is 11.3 Å². The number of hydrogen-bond donors (Lipinski definition) is 0. The molecule has 3 heterocycles. The second-order valence-corrected chi connectivity index (χ2v) is 18.7. The summed E-state index contributed by atoms with van der Waals surface area (Å²) in [6.07, 6.45) is 3.90. The molecule has 0 aliphatic carbocycles. The van der Waals surface area contributed by atoms with E-state index in [1.54, 1.807) is 11.3 Å². The number of thiophene rings is 1. The van der Waals surface area contributed by atoms with Crippen molar-refractivity contribution < 1.29 is 20.1 Å². The fraction of sp³-hybridized carbons (Fsp3) is 0.0698. The Hall–Kier alpha value is -4.51. The Morgan fingerprint density at radius 2 is 1.27 bits per heavy atom. The Bertz CT molecular complexity index is 2260. The van der Waals surface area contributed by atoms with Gasteiger partial charge in [-0.1, -0.05) is 116 Å². The first-order chi connectivity index (χ1) is 22.9. The zero-order valence-electron chi connectivity index (χ0n) is 27.1. The minimum Gasteiger partial charge on any atom is -0.305 e. The van der Waals surface area contributed by atoms with Gasteiger partial charge in [0.05, 0.1) is 8.07 Å². The molecule has 0 unspecified atom stereocenters. The molecule has 237 valence electrons. The quantitative estimate of drug-likeness (QED) is 0.128. The van der Waals surface area contributed by atoms with Crippen molar-refractivity contribution in [3.05, 3.63) is 164 Å². The summed E-state index contributed by atoms with van der Waals surface area (Å²) in [5.41, 5.74) is 8.89. The van der Waals surface area contributed by atoms with Crippen LogP contribution in [0.3, 0.4) is 0 Å². The normalized spacial score (nSPS) is 11.1. The fourth-order valence-electron chi connectivity index (χ4n) is 5.60. The number of rotatable bonds is 5. The summed E-state index contributed by atoms with van der Waals surface area (Å²) in [5, 5.41) is 3.93. The molecule has 0 aliphatic rings. The average molecular weight is 831 g/mol. The van der Waals surface area contributed by atoms with E-state index < -0.39 is 8.07 Å². The second kappa shape index (κ2) is 14.7. The summed E-state index contributed by atoms with van der Waals surface area (Å²) in [5.74, 6) is 0. The molecular formula is C43H34IrN2SSi-2. The predicted molar refractivity (Wildman–Crippen MR) is 204 cm³/mol. The van der Waals surface area contributed by atoms with Crippen molar-refractivity contribution in [2.24, 2.45) is 0 Å². The van der Waals surface area contributed by atoms with Gasteiger partial charge in [-0.3, -0.25) is 0 Å². The summed E-state index contributed by atoms with van der Waals surface area (Å²) >= 11 is 1.79. The van der Waals surface area contributed by atoms with E-state index in [-0.39, 0.29) is 20.1 Å². The molecule has 0 spiro atoms. The maximum Gasteiger partial charge on any atom is 0.0795 e. The van der Waals surface area contributed by atoms with Crippen LogP contribution in [0.1, 0.15) is 0 Å². The van der Waals surface area contributed by atoms with Gasteiger partial charge in [0, 0.05) is 37.2 Å². The maximum atomic E-state index is 4.62. The van der Waals surface area contributed by atoms with Gasteiger partial charge in [0.25, 0.3) is 0 Å². The first-order valence-electron chi connectivity index (χ1n) is 15.8. The molecule has 2 nitrogen and oxygen atoms in total. The maximum absolute atomic E-state index is 4.62. The van der Waals surface area contributed by atoms with Crippen molar-refractivity contribution in [2.75, 3.05) is 0 Å². The Labute approximate surface area is 301 Å². The van der Waals surface area contributed by atoms with Crippen molar-refractivity contribution in [3.8, 4) is 44.8 Å². The van der Waals surface area contributed by atoms with E-state index in [0.717, 1.165) is 22.5 Å². The standard InChI is InChI=1S/C29H18NS.C14H16NSi.Ir/c1-3-7-20(8-4-1)22-12-14-28-26(17-22)25-13-11-24(19-29(25)31-28)27-18-23(15-16-30-27)21-9-5-2-6-10-21;1-16(2,3)13-9-10-14(15-11-13)12-7-5-4-6-8-12;/h1-18H;4-7,9-11H,1-3H3;/q2*-1;. The molecule has 0 saturated carbocycles.